The van der Waals surface area contributed by atoms with Gasteiger partial charge in [-0.15, -0.1) is 0 Å². The highest BCUT2D eigenvalue weighted by Crippen LogP contribution is 2.35. The summed E-state index contributed by atoms with van der Waals surface area (Å²) in [5, 5.41) is 2.28. The molecule has 0 aliphatic heterocycles. The fraction of sp³-hybridized carbons (Fsp3) is 0.179. The van der Waals surface area contributed by atoms with E-state index in [4.69, 9.17) is 4.42 Å². The van der Waals surface area contributed by atoms with Crippen molar-refractivity contribution in [2.75, 3.05) is 0 Å². The fourth-order valence-corrected chi connectivity index (χ4v) is 4.02. The highest BCUT2D eigenvalue weighted by Gasteiger charge is 2.13. The molecule has 0 aliphatic carbocycles. The maximum Gasteiger partial charge on any atom is 0.136 e. The van der Waals surface area contributed by atoms with E-state index in [1.54, 1.807) is 0 Å². The zero-order chi connectivity index (χ0) is 20.7. The quantitative estimate of drug-likeness (QED) is 0.309. The zero-order valence-electron chi connectivity index (χ0n) is 17.6. The first kappa shape index (κ1) is 18.6. The van der Waals surface area contributed by atoms with Crippen LogP contribution in [0.5, 0.6) is 0 Å². The van der Waals surface area contributed by atoms with Crippen molar-refractivity contribution in [3.8, 4) is 22.4 Å². The molecule has 0 saturated carbocycles. The number of hydrogen-bond acceptors (Lipinski definition) is 2. The third kappa shape index (κ3) is 3.29. The lowest BCUT2D eigenvalue weighted by molar-refractivity contribution is 0.535. The molecule has 2 heterocycles. The Kier molecular flexibility index (Phi) is 4.63. The standard InChI is InChI=1S/C28H25NO/c1-18(2)19(3)21-13-14-29-26(16-21)23-9-11-24-25-15-22(20-7-5-4-6-8-20)10-12-27(25)30-28(24)17-23/h4-19H,1-3H3. The molecular formula is C28H25NO. The molecule has 1 atom stereocenters. The minimum Gasteiger partial charge on any atom is -0.456 e. The molecular weight excluding hydrogens is 366 g/mol. The summed E-state index contributed by atoms with van der Waals surface area (Å²) in [4.78, 5) is 4.62. The van der Waals surface area contributed by atoms with Crippen LogP contribution in [0.1, 0.15) is 32.3 Å². The Morgan fingerprint density at radius 2 is 1.47 bits per heavy atom. The Hall–Kier alpha value is -3.39. The van der Waals surface area contributed by atoms with Crippen LogP contribution in [0.25, 0.3) is 44.3 Å². The molecule has 0 bridgehead atoms. The van der Waals surface area contributed by atoms with Crippen LogP contribution in [-0.2, 0) is 0 Å². The molecule has 3 aromatic carbocycles. The van der Waals surface area contributed by atoms with Crippen molar-refractivity contribution >= 4 is 21.9 Å². The first-order valence-electron chi connectivity index (χ1n) is 10.6. The van der Waals surface area contributed by atoms with E-state index in [9.17, 15) is 0 Å². The molecule has 0 spiro atoms. The molecule has 2 nitrogen and oxygen atoms in total. The first-order chi connectivity index (χ1) is 14.6. The Morgan fingerprint density at radius 1 is 0.667 bits per heavy atom. The number of pyridine rings is 1. The molecule has 5 aromatic rings. The maximum atomic E-state index is 6.19. The Bertz CT molecular complexity index is 1330. The lowest BCUT2D eigenvalue weighted by Gasteiger charge is -2.16. The molecule has 0 aliphatic rings. The van der Waals surface area contributed by atoms with Gasteiger partial charge < -0.3 is 4.42 Å². The van der Waals surface area contributed by atoms with Gasteiger partial charge >= 0.3 is 0 Å². The summed E-state index contributed by atoms with van der Waals surface area (Å²) in [7, 11) is 0. The van der Waals surface area contributed by atoms with Gasteiger partial charge in [0.1, 0.15) is 11.2 Å². The van der Waals surface area contributed by atoms with Gasteiger partial charge in [0.15, 0.2) is 0 Å². The van der Waals surface area contributed by atoms with Gasteiger partial charge in [0.05, 0.1) is 5.69 Å². The number of rotatable bonds is 4. The second-order valence-electron chi connectivity index (χ2n) is 8.40. The van der Waals surface area contributed by atoms with E-state index in [0.29, 0.717) is 11.8 Å². The lowest BCUT2D eigenvalue weighted by Crippen LogP contribution is -2.02. The number of furan rings is 1. The van der Waals surface area contributed by atoms with Crippen LogP contribution in [0.3, 0.4) is 0 Å². The summed E-state index contributed by atoms with van der Waals surface area (Å²) in [5.74, 6) is 1.09. The van der Waals surface area contributed by atoms with Gasteiger partial charge in [-0.05, 0) is 64.9 Å². The number of nitrogens with zero attached hydrogens (tertiary/aromatic N) is 1. The average Bonchev–Trinajstić information content (AvgIpc) is 3.16. The summed E-state index contributed by atoms with van der Waals surface area (Å²) < 4.78 is 6.19. The molecule has 2 heteroatoms. The Balaban J connectivity index is 1.58. The summed E-state index contributed by atoms with van der Waals surface area (Å²) in [6.07, 6.45) is 1.92. The molecule has 2 aromatic heterocycles. The smallest absolute Gasteiger partial charge is 0.136 e. The summed E-state index contributed by atoms with van der Waals surface area (Å²) in [6, 6.07) is 27.6. The van der Waals surface area contributed by atoms with Crippen LogP contribution in [0.4, 0.5) is 0 Å². The van der Waals surface area contributed by atoms with Gasteiger partial charge in [-0.2, -0.15) is 0 Å². The second-order valence-corrected chi connectivity index (χ2v) is 8.40. The van der Waals surface area contributed by atoms with Gasteiger partial charge in [0, 0.05) is 22.5 Å². The molecule has 0 saturated heterocycles. The van der Waals surface area contributed by atoms with Crippen molar-refractivity contribution in [3.63, 3.8) is 0 Å². The molecule has 0 radical (unpaired) electrons. The predicted molar refractivity (Wildman–Crippen MR) is 126 cm³/mol. The molecule has 148 valence electrons. The summed E-state index contributed by atoms with van der Waals surface area (Å²) in [5.41, 5.74) is 7.63. The van der Waals surface area contributed by atoms with E-state index in [-0.39, 0.29) is 0 Å². The Morgan fingerprint density at radius 3 is 2.27 bits per heavy atom. The number of aromatic nitrogens is 1. The van der Waals surface area contributed by atoms with Gasteiger partial charge in [0.25, 0.3) is 0 Å². The molecule has 30 heavy (non-hydrogen) atoms. The average molecular weight is 392 g/mol. The SMILES string of the molecule is CC(C)C(C)c1ccnc(-c2ccc3c(c2)oc2ccc(-c4ccccc4)cc23)c1. The zero-order valence-corrected chi connectivity index (χ0v) is 17.6. The van der Waals surface area contributed by atoms with Crippen molar-refractivity contribution in [1.29, 1.82) is 0 Å². The van der Waals surface area contributed by atoms with Crippen LogP contribution < -0.4 is 0 Å². The molecule has 0 fully saturated rings. The van der Waals surface area contributed by atoms with Crippen LogP contribution in [0.15, 0.2) is 89.5 Å². The normalized spacial score (nSPS) is 12.7. The molecule has 1 unspecified atom stereocenters. The van der Waals surface area contributed by atoms with Crippen molar-refractivity contribution in [2.45, 2.75) is 26.7 Å². The first-order valence-corrected chi connectivity index (χ1v) is 10.6. The van der Waals surface area contributed by atoms with Crippen LogP contribution in [0.2, 0.25) is 0 Å². The molecule has 5 rings (SSSR count). The lowest BCUT2D eigenvalue weighted by atomic mass is 9.90. The van der Waals surface area contributed by atoms with Gasteiger partial charge in [-0.3, -0.25) is 4.98 Å². The summed E-state index contributed by atoms with van der Waals surface area (Å²) >= 11 is 0. The fourth-order valence-electron chi connectivity index (χ4n) is 4.02. The van der Waals surface area contributed by atoms with E-state index in [1.807, 2.05) is 12.3 Å². The van der Waals surface area contributed by atoms with Crippen molar-refractivity contribution in [2.24, 2.45) is 5.92 Å². The molecule has 0 N–H and O–H groups in total. The van der Waals surface area contributed by atoms with Crippen LogP contribution in [0, 0.1) is 5.92 Å². The highest BCUT2D eigenvalue weighted by molar-refractivity contribution is 6.07. The van der Waals surface area contributed by atoms with Gasteiger partial charge in [-0.1, -0.05) is 63.2 Å². The van der Waals surface area contributed by atoms with E-state index in [1.165, 1.54) is 16.7 Å². The summed E-state index contributed by atoms with van der Waals surface area (Å²) in [6.45, 7) is 6.79. The van der Waals surface area contributed by atoms with E-state index in [2.05, 4.69) is 98.6 Å². The monoisotopic (exact) mass is 391 g/mol. The van der Waals surface area contributed by atoms with Gasteiger partial charge in [0.2, 0.25) is 0 Å². The number of hydrogen-bond donors (Lipinski definition) is 0. The highest BCUT2D eigenvalue weighted by atomic mass is 16.3. The number of benzene rings is 3. The van der Waals surface area contributed by atoms with E-state index in [0.717, 1.165) is 33.2 Å². The topological polar surface area (TPSA) is 26.0 Å². The van der Waals surface area contributed by atoms with E-state index < -0.39 is 0 Å². The maximum absolute atomic E-state index is 6.19. The molecule has 0 amide bonds. The second kappa shape index (κ2) is 7.46. The van der Waals surface area contributed by atoms with Crippen molar-refractivity contribution in [1.82, 2.24) is 4.98 Å². The minimum atomic E-state index is 0.498. The van der Waals surface area contributed by atoms with Crippen LogP contribution in [-0.4, -0.2) is 4.98 Å². The van der Waals surface area contributed by atoms with Crippen LogP contribution >= 0.6 is 0 Å². The van der Waals surface area contributed by atoms with Crippen molar-refractivity contribution < 1.29 is 4.42 Å². The third-order valence-corrected chi connectivity index (χ3v) is 6.18. The largest absolute Gasteiger partial charge is 0.456 e. The Labute approximate surface area is 177 Å². The van der Waals surface area contributed by atoms with Crippen molar-refractivity contribution in [3.05, 3.63) is 90.6 Å². The third-order valence-electron chi connectivity index (χ3n) is 6.18. The van der Waals surface area contributed by atoms with E-state index >= 15 is 0 Å². The number of fused-ring (bicyclic) bond motifs is 3. The predicted octanol–water partition coefficient (Wildman–Crippen LogP) is 8.07. The minimum absolute atomic E-state index is 0.498. The van der Waals surface area contributed by atoms with Gasteiger partial charge in [-0.25, -0.2) is 0 Å².